The number of alkyl halides is 3. The molecule has 1 aliphatic heterocycles. The minimum Gasteiger partial charge on any atom is -0.378 e. The van der Waals surface area contributed by atoms with E-state index >= 15 is 0 Å². The zero-order chi connectivity index (χ0) is 19.0. The molecule has 0 bridgehead atoms. The fourth-order valence-electron chi connectivity index (χ4n) is 3.24. The number of aromatic amines is 1. The van der Waals surface area contributed by atoms with Crippen LogP contribution in [-0.2, 0) is 6.18 Å². The van der Waals surface area contributed by atoms with Crippen molar-refractivity contribution in [1.82, 2.24) is 4.98 Å². The fraction of sp³-hybridized carbons (Fsp3) is 0.0952. The van der Waals surface area contributed by atoms with Crippen molar-refractivity contribution >= 4 is 11.3 Å². The van der Waals surface area contributed by atoms with Gasteiger partial charge in [-0.2, -0.15) is 18.4 Å². The number of aromatic nitrogens is 1. The Balaban J connectivity index is 1.69. The van der Waals surface area contributed by atoms with Gasteiger partial charge in [-0.05, 0) is 34.9 Å². The molecule has 0 saturated heterocycles. The first-order chi connectivity index (χ1) is 13.0. The minimum atomic E-state index is -4.34. The third kappa shape index (κ3) is 3.08. The van der Waals surface area contributed by atoms with Crippen LogP contribution < -0.4 is 5.32 Å². The van der Waals surface area contributed by atoms with E-state index in [4.69, 9.17) is 0 Å². The van der Waals surface area contributed by atoms with Gasteiger partial charge in [-0.15, -0.1) is 0 Å². The number of anilines is 1. The number of hydrogen-bond donors (Lipinski definition) is 2. The summed E-state index contributed by atoms with van der Waals surface area (Å²) in [5.74, 6) is 0. The van der Waals surface area contributed by atoms with Crippen molar-refractivity contribution in [2.75, 3.05) is 11.9 Å². The molecule has 3 aromatic rings. The van der Waals surface area contributed by atoms with Crippen LogP contribution >= 0.6 is 0 Å². The number of fused-ring (bicyclic) bond motifs is 1. The predicted octanol–water partition coefficient (Wildman–Crippen LogP) is 5.45. The van der Waals surface area contributed by atoms with Gasteiger partial charge >= 0.3 is 6.18 Å². The van der Waals surface area contributed by atoms with Crippen molar-refractivity contribution in [2.45, 2.75) is 6.18 Å². The molecule has 0 radical (unpaired) electrons. The summed E-state index contributed by atoms with van der Waals surface area (Å²) in [6.45, 7) is 0.456. The van der Waals surface area contributed by atoms with Gasteiger partial charge in [-0.1, -0.05) is 36.4 Å². The largest absolute Gasteiger partial charge is 0.416 e. The Morgan fingerprint density at radius 2 is 1.44 bits per heavy atom. The maximum absolute atomic E-state index is 12.7. The number of hydrogen-bond acceptors (Lipinski definition) is 2. The van der Waals surface area contributed by atoms with Crippen LogP contribution in [0.3, 0.4) is 0 Å². The number of nitrogens with zero attached hydrogens (tertiary/aromatic N) is 1. The summed E-state index contributed by atoms with van der Waals surface area (Å²) in [6, 6.07) is 16.7. The second kappa shape index (κ2) is 6.36. The summed E-state index contributed by atoms with van der Waals surface area (Å²) < 4.78 is 38.1. The predicted molar refractivity (Wildman–Crippen MR) is 97.8 cm³/mol. The number of nitriles is 1. The topological polar surface area (TPSA) is 51.6 Å². The lowest BCUT2D eigenvalue weighted by Gasteiger charge is -2.19. The molecule has 6 heteroatoms. The molecule has 0 aliphatic carbocycles. The molecular weight excluding hydrogens is 351 g/mol. The van der Waals surface area contributed by atoms with E-state index in [1.807, 2.05) is 36.5 Å². The minimum absolute atomic E-state index is 0.456. The van der Waals surface area contributed by atoms with E-state index in [-0.39, 0.29) is 0 Å². The molecule has 1 aliphatic rings. The Morgan fingerprint density at radius 1 is 0.852 bits per heavy atom. The van der Waals surface area contributed by atoms with Crippen LogP contribution in [-0.4, -0.2) is 11.5 Å². The van der Waals surface area contributed by atoms with E-state index in [1.165, 1.54) is 12.1 Å². The maximum atomic E-state index is 12.7. The summed E-state index contributed by atoms with van der Waals surface area (Å²) in [5, 5.41) is 12.7. The Labute approximate surface area is 153 Å². The summed E-state index contributed by atoms with van der Waals surface area (Å²) in [6.07, 6.45) is -2.53. The highest BCUT2D eigenvalue weighted by atomic mass is 19.4. The lowest BCUT2D eigenvalue weighted by Crippen LogP contribution is -2.13. The maximum Gasteiger partial charge on any atom is 0.416 e. The summed E-state index contributed by atoms with van der Waals surface area (Å²) in [5.41, 5.74) is 5.01. The van der Waals surface area contributed by atoms with E-state index in [1.54, 1.807) is 0 Å². The average Bonchev–Trinajstić information content (AvgIpc) is 3.15. The molecule has 0 spiro atoms. The first kappa shape index (κ1) is 17.0. The van der Waals surface area contributed by atoms with Crippen LogP contribution in [0.2, 0.25) is 0 Å². The number of nitrogens with one attached hydrogen (secondary N) is 2. The third-order valence-electron chi connectivity index (χ3n) is 4.61. The molecule has 2 heterocycles. The first-order valence-electron chi connectivity index (χ1n) is 8.30. The zero-order valence-corrected chi connectivity index (χ0v) is 14.1. The summed E-state index contributed by atoms with van der Waals surface area (Å²) >= 11 is 0. The molecule has 1 aromatic heterocycles. The van der Waals surface area contributed by atoms with E-state index in [0.29, 0.717) is 17.7 Å². The van der Waals surface area contributed by atoms with E-state index in [9.17, 15) is 18.4 Å². The Hall–Kier alpha value is -3.46. The number of benzene rings is 2. The Kier molecular flexibility index (Phi) is 4.00. The molecule has 4 rings (SSSR count). The second-order valence-corrected chi connectivity index (χ2v) is 6.24. The van der Waals surface area contributed by atoms with Gasteiger partial charge in [0.2, 0.25) is 0 Å². The van der Waals surface area contributed by atoms with E-state index in [2.05, 4.69) is 16.4 Å². The first-order valence-corrected chi connectivity index (χ1v) is 8.30. The van der Waals surface area contributed by atoms with E-state index in [0.717, 1.165) is 40.2 Å². The molecular formula is C21H14F3N3. The van der Waals surface area contributed by atoms with Gasteiger partial charge in [-0.25, -0.2) is 0 Å². The normalized spacial score (nSPS) is 13.7. The quantitative estimate of drug-likeness (QED) is 0.634. The summed E-state index contributed by atoms with van der Waals surface area (Å²) in [4.78, 5) is 3.16. The standard InChI is InChI=1S/C21H14F3N3/c22-21(23,24)17-7-5-14(6-8-17)13-1-3-15(4-2-13)19-16(11-25)12-27-18-9-10-26-20(18)19/h1-10,26-27H,12H2. The Bertz CT molecular complexity index is 1050. The lowest BCUT2D eigenvalue weighted by atomic mass is 9.92. The molecule has 0 fully saturated rings. The molecule has 134 valence electrons. The van der Waals surface area contributed by atoms with Gasteiger partial charge in [0.1, 0.15) is 0 Å². The van der Waals surface area contributed by atoms with Crippen molar-refractivity contribution in [2.24, 2.45) is 0 Å². The molecule has 3 nitrogen and oxygen atoms in total. The lowest BCUT2D eigenvalue weighted by molar-refractivity contribution is -0.137. The highest BCUT2D eigenvalue weighted by Crippen LogP contribution is 2.36. The van der Waals surface area contributed by atoms with Crippen LogP contribution in [0.1, 0.15) is 16.8 Å². The van der Waals surface area contributed by atoms with Crippen molar-refractivity contribution in [3.63, 3.8) is 0 Å². The van der Waals surface area contributed by atoms with Crippen LogP contribution in [0.5, 0.6) is 0 Å². The van der Waals surface area contributed by atoms with Crippen molar-refractivity contribution < 1.29 is 13.2 Å². The molecule has 0 amide bonds. The summed E-state index contributed by atoms with van der Waals surface area (Å²) in [7, 11) is 0. The Morgan fingerprint density at radius 3 is 2.04 bits per heavy atom. The van der Waals surface area contributed by atoms with Crippen LogP contribution in [0, 0.1) is 11.3 Å². The van der Waals surface area contributed by atoms with Gasteiger partial charge in [0.25, 0.3) is 0 Å². The van der Waals surface area contributed by atoms with Gasteiger partial charge in [0.15, 0.2) is 0 Å². The molecule has 2 aromatic carbocycles. The van der Waals surface area contributed by atoms with E-state index < -0.39 is 11.7 Å². The molecule has 27 heavy (non-hydrogen) atoms. The highest BCUT2D eigenvalue weighted by Gasteiger charge is 2.30. The van der Waals surface area contributed by atoms with Crippen molar-refractivity contribution in [3.8, 4) is 17.2 Å². The number of rotatable bonds is 2. The van der Waals surface area contributed by atoms with Crippen molar-refractivity contribution in [3.05, 3.63) is 83.2 Å². The SMILES string of the molecule is N#CC1=C(c2ccc(-c3ccc(C(F)(F)F)cc3)cc2)c2[nH]ccc2NC1. The third-order valence-corrected chi connectivity index (χ3v) is 4.61. The molecule has 0 saturated carbocycles. The van der Waals surface area contributed by atoms with Gasteiger partial charge in [-0.3, -0.25) is 0 Å². The van der Waals surface area contributed by atoms with Crippen LogP contribution in [0.15, 0.2) is 66.4 Å². The van der Waals surface area contributed by atoms with Crippen LogP contribution in [0.25, 0.3) is 16.7 Å². The molecule has 0 unspecified atom stereocenters. The zero-order valence-electron chi connectivity index (χ0n) is 14.1. The molecule has 0 atom stereocenters. The van der Waals surface area contributed by atoms with Crippen LogP contribution in [0.4, 0.5) is 18.9 Å². The average molecular weight is 365 g/mol. The van der Waals surface area contributed by atoms with Crippen molar-refractivity contribution in [1.29, 1.82) is 5.26 Å². The number of H-pyrrole nitrogens is 1. The smallest absolute Gasteiger partial charge is 0.378 e. The highest BCUT2D eigenvalue weighted by molar-refractivity contribution is 5.91. The monoisotopic (exact) mass is 365 g/mol. The second-order valence-electron chi connectivity index (χ2n) is 6.24. The number of halogens is 3. The molecule has 2 N–H and O–H groups in total. The van der Waals surface area contributed by atoms with Gasteiger partial charge in [0, 0.05) is 11.8 Å². The van der Waals surface area contributed by atoms with Gasteiger partial charge in [0.05, 0.1) is 35.1 Å². The fourth-order valence-corrected chi connectivity index (χ4v) is 3.24. The van der Waals surface area contributed by atoms with Gasteiger partial charge < -0.3 is 10.3 Å².